The van der Waals surface area contributed by atoms with Gasteiger partial charge < -0.3 is 5.11 Å². The number of thiazole rings is 1. The van der Waals surface area contributed by atoms with Crippen molar-refractivity contribution in [3.8, 4) is 5.75 Å². The maximum atomic E-state index is 9.10. The minimum Gasteiger partial charge on any atom is -0.508 e. The molecule has 72 valence electrons. The van der Waals surface area contributed by atoms with Crippen LogP contribution in [0.2, 0.25) is 0 Å². The molecule has 0 saturated heterocycles. The average Bonchev–Trinajstić information content (AvgIpc) is 2.56. The Morgan fingerprint density at radius 3 is 2.57 bits per heavy atom. The molecule has 0 saturated carbocycles. The number of hydrogen-bond acceptors (Lipinski definition) is 4. The lowest BCUT2D eigenvalue weighted by molar-refractivity contribution is 0.475. The van der Waals surface area contributed by atoms with Gasteiger partial charge in [0.25, 0.3) is 0 Å². The number of hydrogen-bond donors (Lipinski definition) is 1. The number of phenols is 1. The summed E-state index contributed by atoms with van der Waals surface area (Å²) < 4.78 is 1.85. The number of phenolic OH excluding ortho intramolecular Hbond substituents is 1. The van der Waals surface area contributed by atoms with E-state index < -0.39 is 0 Å². The molecule has 0 amide bonds. The van der Waals surface area contributed by atoms with Crippen LogP contribution in [0.25, 0.3) is 0 Å². The molecule has 5 heteroatoms. The number of aromatic nitrogens is 1. The Balaban J connectivity index is 2.15. The van der Waals surface area contributed by atoms with E-state index in [9.17, 15) is 0 Å². The number of benzene rings is 1. The van der Waals surface area contributed by atoms with Crippen molar-refractivity contribution in [1.82, 2.24) is 4.98 Å². The first-order valence-electron chi connectivity index (χ1n) is 3.82. The smallest absolute Gasteiger partial charge is 0.155 e. The quantitative estimate of drug-likeness (QED) is 0.913. The Labute approximate surface area is 98.1 Å². The molecule has 1 heterocycles. The zero-order valence-corrected chi connectivity index (χ0v) is 10.2. The molecule has 0 unspecified atom stereocenters. The molecular weight excluding hydrogens is 282 g/mol. The number of halogens is 1. The molecular formula is C9H6BrNOS2. The highest BCUT2D eigenvalue weighted by molar-refractivity contribution is 9.10. The second-order valence-electron chi connectivity index (χ2n) is 2.53. The van der Waals surface area contributed by atoms with Crippen LogP contribution in [0, 0.1) is 0 Å². The Kier molecular flexibility index (Phi) is 3.10. The molecule has 1 aromatic carbocycles. The van der Waals surface area contributed by atoms with Gasteiger partial charge in [-0.15, -0.1) is 11.3 Å². The third kappa shape index (κ3) is 2.50. The van der Waals surface area contributed by atoms with Crippen molar-refractivity contribution < 1.29 is 5.11 Å². The van der Waals surface area contributed by atoms with Gasteiger partial charge >= 0.3 is 0 Å². The first-order chi connectivity index (χ1) is 6.74. The fourth-order valence-corrected chi connectivity index (χ4v) is 3.24. The Bertz CT molecular complexity index is 427. The van der Waals surface area contributed by atoms with E-state index in [0.717, 1.165) is 13.8 Å². The zero-order valence-electron chi connectivity index (χ0n) is 6.98. The Morgan fingerprint density at radius 1 is 1.29 bits per heavy atom. The van der Waals surface area contributed by atoms with Gasteiger partial charge in [0.05, 0.1) is 0 Å². The summed E-state index contributed by atoms with van der Waals surface area (Å²) in [4.78, 5) is 5.34. The maximum absolute atomic E-state index is 9.10. The lowest BCUT2D eigenvalue weighted by Crippen LogP contribution is -1.71. The third-order valence-corrected chi connectivity index (χ3v) is 4.15. The van der Waals surface area contributed by atoms with Gasteiger partial charge in [-0.05, 0) is 40.2 Å². The van der Waals surface area contributed by atoms with Crippen LogP contribution in [-0.4, -0.2) is 10.1 Å². The number of nitrogens with zero attached hydrogens (tertiary/aromatic N) is 1. The number of rotatable bonds is 2. The highest BCUT2D eigenvalue weighted by Gasteiger charge is 2.01. The maximum Gasteiger partial charge on any atom is 0.155 e. The van der Waals surface area contributed by atoms with Crippen molar-refractivity contribution in [2.45, 2.75) is 9.24 Å². The SMILES string of the molecule is Oc1ccc(Sc2nc(Br)cs2)cc1. The first kappa shape index (κ1) is 10.0. The van der Waals surface area contributed by atoms with Gasteiger partial charge in [-0.3, -0.25) is 0 Å². The highest BCUT2D eigenvalue weighted by atomic mass is 79.9. The molecule has 1 aromatic heterocycles. The summed E-state index contributed by atoms with van der Waals surface area (Å²) in [5, 5.41) is 11.0. The van der Waals surface area contributed by atoms with Crippen molar-refractivity contribution in [3.05, 3.63) is 34.2 Å². The van der Waals surface area contributed by atoms with E-state index >= 15 is 0 Å². The van der Waals surface area contributed by atoms with Gasteiger partial charge in [0.15, 0.2) is 4.34 Å². The van der Waals surface area contributed by atoms with Crippen LogP contribution < -0.4 is 0 Å². The van der Waals surface area contributed by atoms with E-state index in [0.29, 0.717) is 0 Å². The van der Waals surface area contributed by atoms with E-state index in [1.54, 1.807) is 35.2 Å². The molecule has 14 heavy (non-hydrogen) atoms. The molecule has 1 N–H and O–H groups in total. The monoisotopic (exact) mass is 287 g/mol. The van der Waals surface area contributed by atoms with Crippen molar-refractivity contribution in [2.75, 3.05) is 0 Å². The van der Waals surface area contributed by atoms with Gasteiger partial charge in [-0.25, -0.2) is 4.98 Å². The summed E-state index contributed by atoms with van der Waals surface area (Å²) in [5.41, 5.74) is 0. The van der Waals surface area contributed by atoms with Crippen molar-refractivity contribution >= 4 is 39.0 Å². The summed E-state index contributed by atoms with van der Waals surface area (Å²) in [7, 11) is 0. The summed E-state index contributed by atoms with van der Waals surface area (Å²) in [6.07, 6.45) is 0. The van der Waals surface area contributed by atoms with Crippen molar-refractivity contribution in [2.24, 2.45) is 0 Å². The molecule has 2 nitrogen and oxygen atoms in total. The molecule has 0 radical (unpaired) electrons. The lowest BCUT2D eigenvalue weighted by Gasteiger charge is -1.96. The minimum absolute atomic E-state index is 0.287. The normalized spacial score (nSPS) is 10.4. The van der Waals surface area contributed by atoms with Gasteiger partial charge in [0.2, 0.25) is 0 Å². The molecule has 0 aliphatic rings. The van der Waals surface area contributed by atoms with Crippen LogP contribution >= 0.6 is 39.0 Å². The first-order valence-corrected chi connectivity index (χ1v) is 6.31. The van der Waals surface area contributed by atoms with Crippen LogP contribution in [0.5, 0.6) is 5.75 Å². The summed E-state index contributed by atoms with van der Waals surface area (Å²) >= 11 is 6.48. The fourth-order valence-electron chi connectivity index (χ4n) is 0.901. The fraction of sp³-hybridized carbons (Fsp3) is 0. The molecule has 0 spiro atoms. The zero-order chi connectivity index (χ0) is 9.97. The molecule has 2 aromatic rings. The average molecular weight is 288 g/mol. The number of aromatic hydroxyl groups is 1. The summed E-state index contributed by atoms with van der Waals surface area (Å²) in [5.74, 6) is 0.287. The molecule has 2 rings (SSSR count). The topological polar surface area (TPSA) is 33.1 Å². The van der Waals surface area contributed by atoms with E-state index in [-0.39, 0.29) is 5.75 Å². The van der Waals surface area contributed by atoms with Crippen molar-refractivity contribution in [3.63, 3.8) is 0 Å². The Morgan fingerprint density at radius 2 is 2.00 bits per heavy atom. The molecule has 0 fully saturated rings. The van der Waals surface area contributed by atoms with Crippen LogP contribution in [0.15, 0.2) is 43.5 Å². The van der Waals surface area contributed by atoms with Crippen LogP contribution in [0.3, 0.4) is 0 Å². The standard InChI is InChI=1S/C9H6BrNOS2/c10-8-5-13-9(11-8)14-7-3-1-6(12)2-4-7/h1-5,12H. The Hall–Kier alpha value is -0.520. The van der Waals surface area contributed by atoms with Crippen LogP contribution in [0.1, 0.15) is 0 Å². The van der Waals surface area contributed by atoms with E-state index in [1.165, 1.54) is 0 Å². The highest BCUT2D eigenvalue weighted by Crippen LogP contribution is 2.32. The predicted molar refractivity (Wildman–Crippen MR) is 62.0 cm³/mol. The lowest BCUT2D eigenvalue weighted by atomic mass is 10.3. The van der Waals surface area contributed by atoms with Crippen LogP contribution in [-0.2, 0) is 0 Å². The van der Waals surface area contributed by atoms with Crippen molar-refractivity contribution in [1.29, 1.82) is 0 Å². The van der Waals surface area contributed by atoms with Gasteiger partial charge in [0, 0.05) is 10.3 Å². The van der Waals surface area contributed by atoms with E-state index in [2.05, 4.69) is 20.9 Å². The molecule has 0 bridgehead atoms. The van der Waals surface area contributed by atoms with E-state index in [4.69, 9.17) is 5.11 Å². The van der Waals surface area contributed by atoms with Gasteiger partial charge in [-0.1, -0.05) is 11.8 Å². The second-order valence-corrected chi connectivity index (χ2v) is 5.52. The summed E-state index contributed by atoms with van der Waals surface area (Å²) in [6.45, 7) is 0. The van der Waals surface area contributed by atoms with E-state index in [1.807, 2.05) is 17.5 Å². The molecule has 0 aliphatic heterocycles. The largest absolute Gasteiger partial charge is 0.508 e. The van der Waals surface area contributed by atoms with Gasteiger partial charge in [0.1, 0.15) is 10.4 Å². The molecule has 0 aliphatic carbocycles. The van der Waals surface area contributed by atoms with Gasteiger partial charge in [-0.2, -0.15) is 0 Å². The predicted octanol–water partition coefficient (Wildman–Crippen LogP) is 3.76. The third-order valence-electron chi connectivity index (χ3n) is 1.50. The molecule has 0 atom stereocenters. The summed E-state index contributed by atoms with van der Waals surface area (Å²) in [6, 6.07) is 7.08. The van der Waals surface area contributed by atoms with Crippen LogP contribution in [0.4, 0.5) is 0 Å². The second kappa shape index (κ2) is 4.33. The minimum atomic E-state index is 0.287.